The van der Waals surface area contributed by atoms with Gasteiger partial charge in [-0.05, 0) is 36.6 Å². The number of rotatable bonds is 7. The number of hydrogen-bond acceptors (Lipinski definition) is 5. The molecule has 0 spiro atoms. The normalized spacial score (nSPS) is 11.5. The summed E-state index contributed by atoms with van der Waals surface area (Å²) in [6.45, 7) is 1.73. The second-order valence-electron chi connectivity index (χ2n) is 6.34. The van der Waals surface area contributed by atoms with E-state index in [9.17, 15) is 13.2 Å². The number of carbonyl (C=O) groups is 1. The summed E-state index contributed by atoms with van der Waals surface area (Å²) in [5.74, 6) is -0.125. The quantitative estimate of drug-likeness (QED) is 0.651. The van der Waals surface area contributed by atoms with Crippen LogP contribution in [0.4, 0.5) is 0 Å². The molecule has 0 aliphatic rings. The Hall–Kier alpha value is -3.00. The van der Waals surface area contributed by atoms with Crippen molar-refractivity contribution in [3.05, 3.63) is 53.7 Å². The standard InChI is InChI=1S/C20H21NO6S/c1-13-6-4-5-7-19(13)28(24,25)21-12-14(8-9-20(22)23)15-10-17(26-2)18(27-3)11-16(15)21/h4-7,10-12H,8-9H2,1-3H3,(H,22,23). The minimum absolute atomic E-state index is 0.113. The summed E-state index contributed by atoms with van der Waals surface area (Å²) in [4.78, 5) is 11.2. The number of methoxy groups -OCH3 is 2. The molecule has 148 valence electrons. The molecule has 28 heavy (non-hydrogen) atoms. The monoisotopic (exact) mass is 403 g/mol. The lowest BCUT2D eigenvalue weighted by Crippen LogP contribution is -2.13. The van der Waals surface area contributed by atoms with E-state index in [-0.39, 0.29) is 17.7 Å². The maximum atomic E-state index is 13.3. The smallest absolute Gasteiger partial charge is 0.303 e. The van der Waals surface area contributed by atoms with Gasteiger partial charge in [0.1, 0.15) is 0 Å². The van der Waals surface area contributed by atoms with Crippen molar-refractivity contribution < 1.29 is 27.8 Å². The highest BCUT2D eigenvalue weighted by atomic mass is 32.2. The van der Waals surface area contributed by atoms with Crippen LogP contribution in [0.5, 0.6) is 11.5 Å². The molecule has 1 heterocycles. The van der Waals surface area contributed by atoms with Crippen LogP contribution in [0.25, 0.3) is 10.9 Å². The molecular weight excluding hydrogens is 382 g/mol. The highest BCUT2D eigenvalue weighted by Crippen LogP contribution is 2.36. The lowest BCUT2D eigenvalue weighted by molar-refractivity contribution is -0.136. The van der Waals surface area contributed by atoms with E-state index in [1.54, 1.807) is 43.3 Å². The Morgan fingerprint density at radius 3 is 2.36 bits per heavy atom. The molecule has 3 aromatic rings. The zero-order valence-corrected chi connectivity index (χ0v) is 16.6. The van der Waals surface area contributed by atoms with Gasteiger partial charge in [0.15, 0.2) is 11.5 Å². The first-order chi connectivity index (χ1) is 13.3. The van der Waals surface area contributed by atoms with Crippen LogP contribution in [0.15, 0.2) is 47.5 Å². The third-order valence-electron chi connectivity index (χ3n) is 4.60. The number of carboxylic acid groups (broad SMARTS) is 1. The zero-order valence-electron chi connectivity index (χ0n) is 15.8. The topological polar surface area (TPSA) is 94.8 Å². The first-order valence-electron chi connectivity index (χ1n) is 8.58. The number of benzene rings is 2. The summed E-state index contributed by atoms with van der Waals surface area (Å²) in [6, 6.07) is 9.99. The third kappa shape index (κ3) is 3.43. The number of nitrogens with zero attached hydrogens (tertiary/aromatic N) is 1. The summed E-state index contributed by atoms with van der Waals surface area (Å²) >= 11 is 0. The number of aromatic nitrogens is 1. The summed E-state index contributed by atoms with van der Waals surface area (Å²) < 4.78 is 38.5. The fourth-order valence-electron chi connectivity index (χ4n) is 3.18. The molecule has 0 bridgehead atoms. The average Bonchev–Trinajstić information content (AvgIpc) is 3.03. The molecule has 0 radical (unpaired) electrons. The molecular formula is C20H21NO6S. The van der Waals surface area contributed by atoms with Gasteiger partial charge in [0.05, 0.1) is 24.6 Å². The van der Waals surface area contributed by atoms with Crippen LogP contribution in [0, 0.1) is 6.92 Å². The Bertz CT molecular complexity index is 1150. The van der Waals surface area contributed by atoms with Crippen molar-refractivity contribution in [1.82, 2.24) is 3.97 Å². The van der Waals surface area contributed by atoms with Crippen molar-refractivity contribution in [3.63, 3.8) is 0 Å². The molecule has 0 saturated carbocycles. The van der Waals surface area contributed by atoms with E-state index < -0.39 is 16.0 Å². The fraction of sp³-hybridized carbons (Fsp3) is 0.250. The Morgan fingerprint density at radius 1 is 1.11 bits per heavy atom. The van der Waals surface area contributed by atoms with Crippen LogP contribution >= 0.6 is 0 Å². The van der Waals surface area contributed by atoms with Gasteiger partial charge in [-0.25, -0.2) is 12.4 Å². The van der Waals surface area contributed by atoms with Gasteiger partial charge in [-0.2, -0.15) is 0 Å². The number of hydrogen-bond donors (Lipinski definition) is 1. The van der Waals surface area contributed by atoms with Gasteiger partial charge in [0.25, 0.3) is 10.0 Å². The fourth-order valence-corrected chi connectivity index (χ4v) is 4.79. The molecule has 0 unspecified atom stereocenters. The lowest BCUT2D eigenvalue weighted by atomic mass is 10.1. The molecule has 2 aromatic carbocycles. The van der Waals surface area contributed by atoms with E-state index in [2.05, 4.69) is 0 Å². The Kier molecular flexibility index (Phi) is 5.33. The predicted octanol–water partition coefficient (Wildman–Crippen LogP) is 3.22. The Morgan fingerprint density at radius 2 is 1.75 bits per heavy atom. The predicted molar refractivity (Wildman–Crippen MR) is 105 cm³/mol. The summed E-state index contributed by atoms with van der Waals surface area (Å²) in [5.41, 5.74) is 1.63. The minimum Gasteiger partial charge on any atom is -0.493 e. The SMILES string of the molecule is COc1cc2c(CCC(=O)O)cn(S(=O)(=O)c3ccccc3C)c2cc1OC. The largest absolute Gasteiger partial charge is 0.493 e. The molecule has 0 amide bonds. The third-order valence-corrected chi connectivity index (χ3v) is 6.43. The Labute approximate surface area is 163 Å². The van der Waals surface area contributed by atoms with E-state index >= 15 is 0 Å². The first-order valence-corrected chi connectivity index (χ1v) is 10.0. The maximum absolute atomic E-state index is 13.3. The molecule has 3 rings (SSSR count). The van der Waals surface area contributed by atoms with E-state index in [4.69, 9.17) is 14.6 Å². The van der Waals surface area contributed by atoms with Crippen molar-refractivity contribution in [2.24, 2.45) is 0 Å². The molecule has 0 atom stereocenters. The number of aliphatic carboxylic acids is 1. The van der Waals surface area contributed by atoms with Gasteiger partial charge < -0.3 is 14.6 Å². The van der Waals surface area contributed by atoms with E-state index in [1.165, 1.54) is 24.4 Å². The van der Waals surface area contributed by atoms with Crippen LogP contribution < -0.4 is 9.47 Å². The summed E-state index contributed by atoms with van der Waals surface area (Å²) in [6.07, 6.45) is 1.56. The number of carboxylic acids is 1. The zero-order chi connectivity index (χ0) is 20.5. The van der Waals surface area contributed by atoms with Crippen molar-refractivity contribution in [1.29, 1.82) is 0 Å². The van der Waals surface area contributed by atoms with Gasteiger partial charge >= 0.3 is 5.97 Å². The number of fused-ring (bicyclic) bond motifs is 1. The summed E-state index contributed by atoms with van der Waals surface area (Å²) in [5, 5.41) is 9.65. The highest BCUT2D eigenvalue weighted by Gasteiger charge is 2.24. The van der Waals surface area contributed by atoms with E-state index in [0.717, 1.165) is 0 Å². The van der Waals surface area contributed by atoms with Crippen molar-refractivity contribution in [2.75, 3.05) is 14.2 Å². The van der Waals surface area contributed by atoms with Gasteiger partial charge in [-0.15, -0.1) is 0 Å². The van der Waals surface area contributed by atoms with Crippen molar-refractivity contribution in [2.45, 2.75) is 24.7 Å². The van der Waals surface area contributed by atoms with Gasteiger partial charge in [0.2, 0.25) is 0 Å². The van der Waals surface area contributed by atoms with E-state index in [0.29, 0.717) is 33.5 Å². The van der Waals surface area contributed by atoms with Crippen molar-refractivity contribution in [3.8, 4) is 11.5 Å². The van der Waals surface area contributed by atoms with Crippen LogP contribution in [0.2, 0.25) is 0 Å². The van der Waals surface area contributed by atoms with Crippen LogP contribution in [-0.4, -0.2) is 37.7 Å². The molecule has 1 aromatic heterocycles. The lowest BCUT2D eigenvalue weighted by Gasteiger charge is -2.12. The van der Waals surface area contributed by atoms with E-state index in [1.807, 2.05) is 0 Å². The van der Waals surface area contributed by atoms with Gasteiger partial charge in [-0.1, -0.05) is 18.2 Å². The summed E-state index contributed by atoms with van der Waals surface area (Å²) in [7, 11) is -0.928. The molecule has 1 N–H and O–H groups in total. The molecule has 8 heteroatoms. The van der Waals surface area contributed by atoms with Crippen LogP contribution in [0.3, 0.4) is 0 Å². The maximum Gasteiger partial charge on any atom is 0.303 e. The molecule has 0 fully saturated rings. The molecule has 0 aliphatic carbocycles. The number of aryl methyl sites for hydroxylation is 2. The van der Waals surface area contributed by atoms with Crippen LogP contribution in [0.1, 0.15) is 17.5 Å². The van der Waals surface area contributed by atoms with Gasteiger partial charge in [0, 0.05) is 24.1 Å². The van der Waals surface area contributed by atoms with Gasteiger partial charge in [-0.3, -0.25) is 4.79 Å². The average molecular weight is 403 g/mol. The minimum atomic E-state index is -3.89. The highest BCUT2D eigenvalue weighted by molar-refractivity contribution is 7.90. The van der Waals surface area contributed by atoms with Crippen molar-refractivity contribution >= 4 is 26.9 Å². The van der Waals surface area contributed by atoms with Crippen LogP contribution in [-0.2, 0) is 21.2 Å². The first kappa shape index (κ1) is 19.8. The molecule has 0 saturated heterocycles. The number of ether oxygens (including phenoxy) is 2. The second-order valence-corrected chi connectivity index (χ2v) is 8.12. The molecule has 7 nitrogen and oxygen atoms in total. The Balaban J connectivity index is 2.30. The molecule has 0 aliphatic heterocycles. The second kappa shape index (κ2) is 7.55.